The van der Waals surface area contributed by atoms with Crippen molar-refractivity contribution < 1.29 is 13.2 Å². The third-order valence-corrected chi connectivity index (χ3v) is 7.95. The molecule has 7 heteroatoms. The summed E-state index contributed by atoms with van der Waals surface area (Å²) in [5, 5.41) is -0.199. The van der Waals surface area contributed by atoms with Crippen LogP contribution in [0.3, 0.4) is 0 Å². The van der Waals surface area contributed by atoms with Gasteiger partial charge in [0.1, 0.15) is 11.6 Å². The van der Waals surface area contributed by atoms with Crippen molar-refractivity contribution in [1.29, 1.82) is 0 Å². The first-order valence-corrected chi connectivity index (χ1v) is 11.4. The van der Waals surface area contributed by atoms with Crippen LogP contribution in [0.1, 0.15) is 55.9 Å². The summed E-state index contributed by atoms with van der Waals surface area (Å²) in [6.07, 6.45) is 9.28. The van der Waals surface area contributed by atoms with Gasteiger partial charge in [-0.2, -0.15) is 0 Å². The van der Waals surface area contributed by atoms with E-state index in [1.807, 2.05) is 18.2 Å². The predicted octanol–water partition coefficient (Wildman–Crippen LogP) is 3.94. The zero-order chi connectivity index (χ0) is 19.1. The van der Waals surface area contributed by atoms with Gasteiger partial charge in [0.25, 0.3) is 0 Å². The fourth-order valence-electron chi connectivity index (χ4n) is 3.96. The summed E-state index contributed by atoms with van der Waals surface area (Å²) in [7, 11) is -3.18. The summed E-state index contributed by atoms with van der Waals surface area (Å²) >= 11 is 0. The van der Waals surface area contributed by atoms with Crippen molar-refractivity contribution in [2.24, 2.45) is 0 Å². The lowest BCUT2D eigenvalue weighted by Crippen LogP contribution is -2.15. The summed E-state index contributed by atoms with van der Waals surface area (Å²) in [6.45, 7) is 0. The lowest BCUT2D eigenvalue weighted by Gasteiger charge is -2.22. The molecular weight excluding hydrogens is 374 g/mol. The molecule has 0 radical (unpaired) electrons. The van der Waals surface area contributed by atoms with Gasteiger partial charge in [-0.3, -0.25) is 4.98 Å². The van der Waals surface area contributed by atoms with Crippen LogP contribution in [-0.2, 0) is 14.6 Å². The molecule has 0 spiro atoms. The first-order chi connectivity index (χ1) is 13.6. The van der Waals surface area contributed by atoms with E-state index in [1.54, 1.807) is 24.5 Å². The number of sulfone groups is 1. The second-order valence-corrected chi connectivity index (χ2v) is 9.98. The third kappa shape index (κ3) is 3.33. The van der Waals surface area contributed by atoms with Crippen molar-refractivity contribution in [2.75, 3.05) is 0 Å². The first kappa shape index (κ1) is 17.8. The van der Waals surface area contributed by atoms with Crippen LogP contribution >= 0.6 is 0 Å². The van der Waals surface area contributed by atoms with E-state index in [1.165, 1.54) is 12.8 Å². The minimum absolute atomic E-state index is 0.199. The number of fused-ring (bicyclic) bond motifs is 1. The summed E-state index contributed by atoms with van der Waals surface area (Å²) in [6, 6.07) is 9.15. The van der Waals surface area contributed by atoms with Crippen molar-refractivity contribution in [3.8, 4) is 0 Å². The van der Waals surface area contributed by atoms with Crippen LogP contribution in [0, 0.1) is 0 Å². The van der Waals surface area contributed by atoms with Crippen molar-refractivity contribution >= 4 is 21.0 Å². The van der Waals surface area contributed by atoms with E-state index in [9.17, 15) is 8.42 Å². The lowest BCUT2D eigenvalue weighted by molar-refractivity contribution is 0.0110. The lowest BCUT2D eigenvalue weighted by atomic mass is 10.1. The molecule has 2 aliphatic rings. The van der Waals surface area contributed by atoms with Crippen LogP contribution in [0.2, 0.25) is 0 Å². The molecule has 2 aliphatic carbocycles. The molecule has 1 atom stereocenters. The average molecular weight is 398 g/mol. The number of nitrogens with zero attached hydrogens (tertiary/aromatic N) is 2. The molecule has 1 unspecified atom stereocenters. The van der Waals surface area contributed by atoms with Crippen LogP contribution in [0.4, 0.5) is 0 Å². The maximum atomic E-state index is 12.5. The van der Waals surface area contributed by atoms with Crippen LogP contribution in [0.15, 0.2) is 47.6 Å². The van der Waals surface area contributed by atoms with Crippen molar-refractivity contribution in [1.82, 2.24) is 15.0 Å². The Morgan fingerprint density at radius 2 is 1.71 bits per heavy atom. The van der Waals surface area contributed by atoms with E-state index in [4.69, 9.17) is 4.74 Å². The van der Waals surface area contributed by atoms with Gasteiger partial charge in [-0.15, -0.1) is 0 Å². The molecule has 2 saturated carbocycles. The van der Waals surface area contributed by atoms with Crippen LogP contribution < -0.4 is 0 Å². The third-order valence-electron chi connectivity index (χ3n) is 5.67. The van der Waals surface area contributed by atoms with Gasteiger partial charge in [-0.1, -0.05) is 25.0 Å². The van der Waals surface area contributed by atoms with Gasteiger partial charge < -0.3 is 9.72 Å². The van der Waals surface area contributed by atoms with Crippen LogP contribution in [0.25, 0.3) is 11.2 Å². The number of aromatic nitrogens is 3. The highest BCUT2D eigenvalue weighted by atomic mass is 32.2. The SMILES string of the molecule is O=S(=O)(c1ccc(C(OC2CCCC2)c2cc3nccnc3[nH]2)cc1)C1CC1. The highest BCUT2D eigenvalue weighted by Gasteiger charge is 2.37. The molecule has 0 bridgehead atoms. The Morgan fingerprint density at radius 3 is 2.39 bits per heavy atom. The topological polar surface area (TPSA) is 84.9 Å². The molecule has 146 valence electrons. The van der Waals surface area contributed by atoms with E-state index < -0.39 is 9.84 Å². The Hall–Kier alpha value is -2.25. The molecule has 0 aliphatic heterocycles. The number of hydrogen-bond donors (Lipinski definition) is 1. The Balaban J connectivity index is 1.50. The second-order valence-electron chi connectivity index (χ2n) is 7.75. The fourth-order valence-corrected chi connectivity index (χ4v) is 5.62. The quantitative estimate of drug-likeness (QED) is 0.681. The molecule has 2 fully saturated rings. The van der Waals surface area contributed by atoms with E-state index in [0.717, 1.165) is 48.1 Å². The van der Waals surface area contributed by atoms with Crippen LogP contribution in [0.5, 0.6) is 0 Å². The van der Waals surface area contributed by atoms with E-state index in [0.29, 0.717) is 4.90 Å². The highest BCUT2D eigenvalue weighted by Crippen LogP contribution is 2.36. The largest absolute Gasteiger partial charge is 0.364 e. The average Bonchev–Trinajstić information content (AvgIpc) is 3.30. The molecule has 0 saturated heterocycles. The molecule has 2 aromatic heterocycles. The first-order valence-electron chi connectivity index (χ1n) is 9.90. The number of aromatic amines is 1. The number of H-pyrrole nitrogens is 1. The second kappa shape index (κ2) is 6.97. The predicted molar refractivity (Wildman–Crippen MR) is 106 cm³/mol. The minimum Gasteiger partial charge on any atom is -0.364 e. The number of hydrogen-bond acceptors (Lipinski definition) is 5. The summed E-state index contributed by atoms with van der Waals surface area (Å²) in [5.41, 5.74) is 3.36. The number of ether oxygens (including phenoxy) is 1. The zero-order valence-electron chi connectivity index (χ0n) is 15.5. The van der Waals surface area contributed by atoms with Gasteiger partial charge in [-0.05, 0) is 49.4 Å². The summed E-state index contributed by atoms with van der Waals surface area (Å²) < 4.78 is 31.4. The number of benzene rings is 1. The minimum atomic E-state index is -3.18. The molecule has 3 aromatic rings. The van der Waals surface area contributed by atoms with E-state index in [-0.39, 0.29) is 17.5 Å². The highest BCUT2D eigenvalue weighted by molar-refractivity contribution is 7.92. The molecule has 5 rings (SSSR count). The van der Waals surface area contributed by atoms with Gasteiger partial charge in [0, 0.05) is 12.4 Å². The van der Waals surface area contributed by atoms with Gasteiger partial charge in [0.05, 0.1) is 21.9 Å². The van der Waals surface area contributed by atoms with E-state index >= 15 is 0 Å². The number of rotatable bonds is 6. The smallest absolute Gasteiger partial charge is 0.181 e. The molecule has 1 aromatic carbocycles. The van der Waals surface area contributed by atoms with Gasteiger partial charge in [0.2, 0.25) is 0 Å². The standard InChI is InChI=1S/C21H23N3O3S/c25-28(26,17-9-10-17)16-7-5-14(6-8-16)20(27-15-3-1-2-4-15)18-13-19-21(24-18)23-12-11-22-19/h5-8,11-13,15,17,20H,1-4,9-10H2,(H,23,24). The van der Waals surface area contributed by atoms with Gasteiger partial charge >= 0.3 is 0 Å². The van der Waals surface area contributed by atoms with Crippen molar-refractivity contribution in [3.63, 3.8) is 0 Å². The molecule has 2 heterocycles. The Kier molecular flexibility index (Phi) is 4.44. The molecule has 6 nitrogen and oxygen atoms in total. The summed E-state index contributed by atoms with van der Waals surface area (Å²) in [4.78, 5) is 12.4. The molecule has 1 N–H and O–H groups in total. The number of nitrogens with one attached hydrogen (secondary N) is 1. The normalized spacial score (nSPS) is 19.3. The Bertz CT molecular complexity index is 1050. The zero-order valence-corrected chi connectivity index (χ0v) is 16.4. The van der Waals surface area contributed by atoms with Gasteiger partial charge in [0.15, 0.2) is 15.5 Å². The maximum Gasteiger partial charge on any atom is 0.181 e. The molecule has 28 heavy (non-hydrogen) atoms. The molecule has 0 amide bonds. The Morgan fingerprint density at radius 1 is 1.00 bits per heavy atom. The Labute approximate surface area is 164 Å². The van der Waals surface area contributed by atoms with Crippen molar-refractivity contribution in [3.05, 3.63) is 54.0 Å². The van der Waals surface area contributed by atoms with E-state index in [2.05, 4.69) is 15.0 Å². The maximum absolute atomic E-state index is 12.5. The monoisotopic (exact) mass is 397 g/mol. The van der Waals surface area contributed by atoms with Crippen LogP contribution in [-0.4, -0.2) is 34.7 Å². The molecular formula is C21H23N3O3S. The summed E-state index contributed by atoms with van der Waals surface area (Å²) in [5.74, 6) is 0. The van der Waals surface area contributed by atoms with Crippen molar-refractivity contribution in [2.45, 2.75) is 60.9 Å². The van der Waals surface area contributed by atoms with Gasteiger partial charge in [-0.25, -0.2) is 13.4 Å². The fraction of sp³-hybridized carbons (Fsp3) is 0.429.